The Morgan fingerprint density at radius 1 is 1.15 bits per heavy atom. The molecular formula is C20H20O6. The topological polar surface area (TPSA) is 93.1 Å². The summed E-state index contributed by atoms with van der Waals surface area (Å²) < 4.78 is 10.6. The summed E-state index contributed by atoms with van der Waals surface area (Å²) in [4.78, 5) is 25.1. The van der Waals surface area contributed by atoms with E-state index < -0.39 is 29.6 Å². The smallest absolute Gasteiger partial charge is 0.351 e. The zero-order valence-corrected chi connectivity index (χ0v) is 14.3. The summed E-state index contributed by atoms with van der Waals surface area (Å²) >= 11 is 0. The molecule has 0 bridgehead atoms. The fraction of sp³-hybridized carbons (Fsp3) is 0.300. The Hall–Kier alpha value is -2.86. The molecule has 26 heavy (non-hydrogen) atoms. The Bertz CT molecular complexity index is 786. The first-order valence-electron chi connectivity index (χ1n) is 8.39. The number of benzene rings is 2. The molecule has 136 valence electrons. The summed E-state index contributed by atoms with van der Waals surface area (Å²) in [5.41, 5.74) is -0.401. The van der Waals surface area contributed by atoms with Crippen LogP contribution >= 0.6 is 0 Å². The van der Waals surface area contributed by atoms with Crippen molar-refractivity contribution >= 4 is 11.9 Å². The van der Waals surface area contributed by atoms with Crippen molar-refractivity contribution in [3.63, 3.8) is 0 Å². The minimum atomic E-state index is -1.68. The first-order chi connectivity index (χ1) is 12.5. The zero-order chi connectivity index (χ0) is 18.7. The molecular weight excluding hydrogens is 336 g/mol. The van der Waals surface area contributed by atoms with Gasteiger partial charge in [-0.25, -0.2) is 9.59 Å². The summed E-state index contributed by atoms with van der Waals surface area (Å²) in [7, 11) is 0. The number of esters is 2. The molecule has 3 atom stereocenters. The first kappa shape index (κ1) is 17.9. The third-order valence-corrected chi connectivity index (χ3v) is 4.53. The molecule has 3 rings (SSSR count). The van der Waals surface area contributed by atoms with Gasteiger partial charge in [0.1, 0.15) is 5.75 Å². The molecule has 0 aliphatic carbocycles. The molecule has 2 aromatic rings. The summed E-state index contributed by atoms with van der Waals surface area (Å²) in [5.74, 6) is -2.48. The van der Waals surface area contributed by atoms with E-state index in [9.17, 15) is 19.8 Å². The standard InChI is InChI=1S/C20H20O6/c1-2-25-19(24)20(12-13-6-4-3-5-7-13)16(17(22)18(23)26-20)14-8-10-15(21)11-9-14/h3-11,16-17,21-22H,2,12H2,1H3/t16?,17?,20-/m1/s1. The Kier molecular flexibility index (Phi) is 4.95. The van der Waals surface area contributed by atoms with Crippen LogP contribution in [0.3, 0.4) is 0 Å². The van der Waals surface area contributed by atoms with E-state index in [0.717, 1.165) is 5.56 Å². The third-order valence-electron chi connectivity index (χ3n) is 4.53. The van der Waals surface area contributed by atoms with Crippen molar-refractivity contribution in [1.29, 1.82) is 0 Å². The maximum atomic E-state index is 12.9. The lowest BCUT2D eigenvalue weighted by atomic mass is 9.77. The maximum Gasteiger partial charge on any atom is 0.351 e. The van der Waals surface area contributed by atoms with Gasteiger partial charge in [-0.3, -0.25) is 0 Å². The summed E-state index contributed by atoms with van der Waals surface area (Å²) in [6.07, 6.45) is -1.44. The fourth-order valence-electron chi connectivity index (χ4n) is 3.37. The van der Waals surface area contributed by atoms with Gasteiger partial charge in [0.25, 0.3) is 0 Å². The largest absolute Gasteiger partial charge is 0.508 e. The predicted molar refractivity (Wildman–Crippen MR) is 92.5 cm³/mol. The Balaban J connectivity index is 2.10. The van der Waals surface area contributed by atoms with Gasteiger partial charge in [0.2, 0.25) is 5.60 Å². The van der Waals surface area contributed by atoms with Crippen molar-refractivity contribution < 1.29 is 29.3 Å². The lowest BCUT2D eigenvalue weighted by Crippen LogP contribution is -2.47. The molecule has 0 aromatic heterocycles. The fourth-order valence-corrected chi connectivity index (χ4v) is 3.37. The van der Waals surface area contributed by atoms with Gasteiger partial charge in [-0.15, -0.1) is 0 Å². The third kappa shape index (κ3) is 3.15. The Morgan fingerprint density at radius 2 is 1.81 bits per heavy atom. The van der Waals surface area contributed by atoms with E-state index in [2.05, 4.69) is 0 Å². The van der Waals surface area contributed by atoms with Gasteiger partial charge in [-0.1, -0.05) is 42.5 Å². The Morgan fingerprint density at radius 3 is 2.42 bits per heavy atom. The molecule has 2 aromatic carbocycles. The second kappa shape index (κ2) is 7.17. The van der Waals surface area contributed by atoms with Crippen LogP contribution < -0.4 is 0 Å². The van der Waals surface area contributed by atoms with Crippen molar-refractivity contribution in [3.8, 4) is 5.75 Å². The van der Waals surface area contributed by atoms with E-state index in [1.165, 1.54) is 12.1 Å². The minimum absolute atomic E-state index is 0.0401. The normalized spacial score (nSPS) is 24.9. The van der Waals surface area contributed by atoms with Gasteiger partial charge >= 0.3 is 11.9 Å². The van der Waals surface area contributed by atoms with Crippen molar-refractivity contribution in [3.05, 3.63) is 65.7 Å². The highest BCUT2D eigenvalue weighted by atomic mass is 16.6. The van der Waals surface area contributed by atoms with Gasteiger partial charge in [-0.2, -0.15) is 0 Å². The van der Waals surface area contributed by atoms with Crippen LogP contribution in [0.1, 0.15) is 24.0 Å². The van der Waals surface area contributed by atoms with Gasteiger partial charge in [0.05, 0.1) is 12.5 Å². The molecule has 2 N–H and O–H groups in total. The zero-order valence-electron chi connectivity index (χ0n) is 14.3. The Labute approximate surface area is 151 Å². The number of aliphatic hydroxyl groups is 1. The lowest BCUT2D eigenvalue weighted by Gasteiger charge is -2.32. The summed E-state index contributed by atoms with van der Waals surface area (Å²) in [5, 5.41) is 20.0. The number of phenolic OH excluding ortho intramolecular Hbond substituents is 1. The molecule has 0 amide bonds. The number of cyclic esters (lactones) is 1. The average Bonchev–Trinajstić information content (AvgIpc) is 2.88. The lowest BCUT2D eigenvalue weighted by molar-refractivity contribution is -0.175. The monoisotopic (exact) mass is 356 g/mol. The molecule has 0 saturated carbocycles. The van der Waals surface area contributed by atoms with E-state index in [-0.39, 0.29) is 18.8 Å². The van der Waals surface area contributed by atoms with Gasteiger partial charge in [0, 0.05) is 6.42 Å². The number of rotatable bonds is 5. The van der Waals surface area contributed by atoms with Gasteiger partial charge < -0.3 is 19.7 Å². The number of ether oxygens (including phenoxy) is 2. The van der Waals surface area contributed by atoms with Crippen LogP contribution in [-0.4, -0.2) is 40.5 Å². The minimum Gasteiger partial charge on any atom is -0.508 e. The van der Waals surface area contributed by atoms with Crippen LogP contribution in [0.5, 0.6) is 5.75 Å². The average molecular weight is 356 g/mol. The molecule has 1 saturated heterocycles. The number of aliphatic hydroxyl groups excluding tert-OH is 1. The highest BCUT2D eigenvalue weighted by molar-refractivity contribution is 5.92. The van der Waals surface area contributed by atoms with E-state index in [0.29, 0.717) is 5.56 Å². The van der Waals surface area contributed by atoms with Crippen LogP contribution in [0.4, 0.5) is 0 Å². The molecule has 2 unspecified atom stereocenters. The van der Waals surface area contributed by atoms with Gasteiger partial charge in [-0.05, 0) is 30.2 Å². The highest BCUT2D eigenvalue weighted by Crippen LogP contribution is 2.44. The number of hydrogen-bond donors (Lipinski definition) is 2. The van der Waals surface area contributed by atoms with Crippen LogP contribution in [0.15, 0.2) is 54.6 Å². The molecule has 1 aliphatic rings. The number of aromatic hydroxyl groups is 1. The predicted octanol–water partition coefficient (Wildman–Crippen LogP) is 1.94. The number of carbonyl (C=O) groups is 2. The van der Waals surface area contributed by atoms with Crippen LogP contribution in [-0.2, 0) is 25.5 Å². The molecule has 6 nitrogen and oxygen atoms in total. The molecule has 1 aliphatic heterocycles. The molecule has 1 heterocycles. The van der Waals surface area contributed by atoms with E-state index >= 15 is 0 Å². The van der Waals surface area contributed by atoms with Gasteiger partial charge in [0.15, 0.2) is 6.10 Å². The van der Waals surface area contributed by atoms with Crippen LogP contribution in [0.2, 0.25) is 0 Å². The van der Waals surface area contributed by atoms with Crippen molar-refractivity contribution in [2.24, 2.45) is 0 Å². The molecule has 1 fully saturated rings. The number of hydrogen-bond acceptors (Lipinski definition) is 6. The van der Waals surface area contributed by atoms with E-state index in [1.807, 2.05) is 30.3 Å². The molecule has 0 radical (unpaired) electrons. The van der Waals surface area contributed by atoms with E-state index in [4.69, 9.17) is 9.47 Å². The molecule has 0 spiro atoms. The van der Waals surface area contributed by atoms with Crippen LogP contribution in [0.25, 0.3) is 0 Å². The van der Waals surface area contributed by atoms with Crippen LogP contribution in [0, 0.1) is 0 Å². The van der Waals surface area contributed by atoms with Crippen molar-refractivity contribution in [2.45, 2.75) is 31.0 Å². The van der Waals surface area contributed by atoms with Crippen molar-refractivity contribution in [2.75, 3.05) is 6.61 Å². The SMILES string of the molecule is CCOC(=O)[C@]1(Cc2ccccc2)OC(=O)C(O)C1c1ccc(O)cc1. The second-order valence-corrected chi connectivity index (χ2v) is 6.21. The first-order valence-corrected chi connectivity index (χ1v) is 8.39. The summed E-state index contributed by atoms with van der Waals surface area (Å²) in [6.45, 7) is 1.78. The quantitative estimate of drug-likeness (QED) is 0.796. The maximum absolute atomic E-state index is 12.9. The summed E-state index contributed by atoms with van der Waals surface area (Å²) in [6, 6.07) is 15.1. The van der Waals surface area contributed by atoms with Crippen molar-refractivity contribution in [1.82, 2.24) is 0 Å². The highest BCUT2D eigenvalue weighted by Gasteiger charge is 2.61. The van der Waals surface area contributed by atoms with E-state index in [1.54, 1.807) is 19.1 Å². The molecule has 6 heteroatoms. The number of phenols is 1. The second-order valence-electron chi connectivity index (χ2n) is 6.21. The number of carbonyl (C=O) groups excluding carboxylic acids is 2.